The minimum absolute atomic E-state index is 0.00238. The zero-order valence-electron chi connectivity index (χ0n) is 14.6. The standard InChI is InChI=1S/C20H22N4O/c1-15(22-16(2)25)14-18-6-4-17(5-7-18)8-9-19-10-11-21-20(23-19)24-12-3-13-24/h4-7,10-11,15H,3,12-14H2,1-2H3,(H,22,25). The molecule has 2 aromatic rings. The second-order valence-corrected chi connectivity index (χ2v) is 6.34. The summed E-state index contributed by atoms with van der Waals surface area (Å²) in [6.07, 6.45) is 3.77. The third-order valence-electron chi connectivity index (χ3n) is 4.06. The van der Waals surface area contributed by atoms with Crippen LogP contribution in [0.3, 0.4) is 0 Å². The lowest BCUT2D eigenvalue weighted by molar-refractivity contribution is -0.119. The van der Waals surface area contributed by atoms with Gasteiger partial charge in [0.05, 0.1) is 0 Å². The van der Waals surface area contributed by atoms with Crippen molar-refractivity contribution in [2.45, 2.75) is 32.7 Å². The molecule has 1 N–H and O–H groups in total. The summed E-state index contributed by atoms with van der Waals surface area (Å²) in [6.45, 7) is 5.58. The van der Waals surface area contributed by atoms with Crippen LogP contribution in [-0.2, 0) is 11.2 Å². The number of carbonyl (C=O) groups excluding carboxylic acids is 1. The van der Waals surface area contributed by atoms with Gasteiger partial charge in [0.25, 0.3) is 0 Å². The highest BCUT2D eigenvalue weighted by Crippen LogP contribution is 2.14. The summed E-state index contributed by atoms with van der Waals surface area (Å²) in [5, 5.41) is 2.89. The molecule has 1 aliphatic rings. The molecule has 1 fully saturated rings. The molecule has 1 atom stereocenters. The zero-order chi connectivity index (χ0) is 17.6. The quantitative estimate of drug-likeness (QED) is 0.871. The molecule has 1 saturated heterocycles. The molecule has 3 rings (SSSR count). The summed E-state index contributed by atoms with van der Waals surface area (Å²) in [5.74, 6) is 7.02. The van der Waals surface area contributed by atoms with Crippen molar-refractivity contribution in [1.82, 2.24) is 15.3 Å². The predicted molar refractivity (Wildman–Crippen MR) is 98.3 cm³/mol. The van der Waals surface area contributed by atoms with E-state index >= 15 is 0 Å². The topological polar surface area (TPSA) is 58.1 Å². The maximum Gasteiger partial charge on any atom is 0.226 e. The molecule has 1 aromatic carbocycles. The molecule has 5 heteroatoms. The van der Waals surface area contributed by atoms with Crippen LogP contribution in [0, 0.1) is 11.8 Å². The maximum atomic E-state index is 11.1. The lowest BCUT2D eigenvalue weighted by Gasteiger charge is -2.30. The van der Waals surface area contributed by atoms with Gasteiger partial charge in [0.15, 0.2) is 0 Å². The Kier molecular flexibility index (Phi) is 5.30. The van der Waals surface area contributed by atoms with Gasteiger partial charge in [0.1, 0.15) is 5.69 Å². The fourth-order valence-electron chi connectivity index (χ4n) is 2.70. The summed E-state index contributed by atoms with van der Waals surface area (Å²) >= 11 is 0. The Balaban J connectivity index is 1.64. The number of anilines is 1. The van der Waals surface area contributed by atoms with Crippen LogP contribution < -0.4 is 10.2 Å². The first kappa shape index (κ1) is 17.0. The number of benzene rings is 1. The maximum absolute atomic E-state index is 11.1. The van der Waals surface area contributed by atoms with Crippen LogP contribution in [0.15, 0.2) is 36.5 Å². The monoisotopic (exact) mass is 334 g/mol. The van der Waals surface area contributed by atoms with Crippen molar-refractivity contribution in [2.75, 3.05) is 18.0 Å². The van der Waals surface area contributed by atoms with Crippen LogP contribution in [0.1, 0.15) is 37.1 Å². The van der Waals surface area contributed by atoms with Crippen LogP contribution in [-0.4, -0.2) is 35.0 Å². The third-order valence-corrected chi connectivity index (χ3v) is 4.06. The van der Waals surface area contributed by atoms with Crippen LogP contribution in [0.2, 0.25) is 0 Å². The fourth-order valence-corrected chi connectivity index (χ4v) is 2.70. The van der Waals surface area contributed by atoms with Crippen LogP contribution in [0.4, 0.5) is 5.95 Å². The van der Waals surface area contributed by atoms with Crippen molar-refractivity contribution >= 4 is 11.9 Å². The van der Waals surface area contributed by atoms with Crippen LogP contribution in [0.25, 0.3) is 0 Å². The summed E-state index contributed by atoms with van der Waals surface area (Å²) in [7, 11) is 0. The lowest BCUT2D eigenvalue weighted by Crippen LogP contribution is -2.38. The summed E-state index contributed by atoms with van der Waals surface area (Å²) in [4.78, 5) is 22.0. The average Bonchev–Trinajstić information content (AvgIpc) is 2.52. The van der Waals surface area contributed by atoms with Gasteiger partial charge in [-0.1, -0.05) is 18.1 Å². The minimum Gasteiger partial charge on any atom is -0.354 e. The molecule has 1 amide bonds. The Morgan fingerprint density at radius 2 is 2.00 bits per heavy atom. The molecule has 0 aliphatic carbocycles. The van der Waals surface area contributed by atoms with E-state index in [1.54, 1.807) is 6.20 Å². The molecule has 0 spiro atoms. The number of nitrogens with zero attached hydrogens (tertiary/aromatic N) is 3. The highest BCUT2D eigenvalue weighted by atomic mass is 16.1. The molecule has 2 heterocycles. The molecule has 128 valence electrons. The number of nitrogens with one attached hydrogen (secondary N) is 1. The number of aromatic nitrogens is 2. The van der Waals surface area contributed by atoms with E-state index in [4.69, 9.17) is 0 Å². The van der Waals surface area contributed by atoms with E-state index < -0.39 is 0 Å². The van der Waals surface area contributed by atoms with Crippen LogP contribution >= 0.6 is 0 Å². The van der Waals surface area contributed by atoms with Gasteiger partial charge < -0.3 is 10.2 Å². The summed E-state index contributed by atoms with van der Waals surface area (Å²) in [5.41, 5.74) is 2.86. The average molecular weight is 334 g/mol. The highest BCUT2D eigenvalue weighted by Gasteiger charge is 2.16. The SMILES string of the molecule is CC(=O)NC(C)Cc1ccc(C#Cc2ccnc(N3CCC3)n2)cc1. The summed E-state index contributed by atoms with van der Waals surface area (Å²) in [6, 6.07) is 10.1. The molecule has 1 aliphatic heterocycles. The zero-order valence-corrected chi connectivity index (χ0v) is 14.6. The molecule has 25 heavy (non-hydrogen) atoms. The lowest BCUT2D eigenvalue weighted by atomic mass is 10.1. The first-order valence-corrected chi connectivity index (χ1v) is 8.56. The van der Waals surface area contributed by atoms with E-state index in [1.807, 2.05) is 37.3 Å². The normalized spacial score (nSPS) is 14.1. The largest absolute Gasteiger partial charge is 0.354 e. The van der Waals surface area contributed by atoms with E-state index in [2.05, 4.69) is 32.0 Å². The van der Waals surface area contributed by atoms with Gasteiger partial charge >= 0.3 is 0 Å². The van der Waals surface area contributed by atoms with Crippen LogP contribution in [0.5, 0.6) is 0 Å². The molecular weight excluding hydrogens is 312 g/mol. The number of carbonyl (C=O) groups is 1. The molecular formula is C20H22N4O. The number of hydrogen-bond acceptors (Lipinski definition) is 4. The molecule has 5 nitrogen and oxygen atoms in total. The van der Waals surface area contributed by atoms with Gasteiger partial charge in [-0.2, -0.15) is 0 Å². The van der Waals surface area contributed by atoms with Crippen molar-refractivity contribution in [3.8, 4) is 11.8 Å². The van der Waals surface area contributed by atoms with Crippen molar-refractivity contribution in [3.63, 3.8) is 0 Å². The van der Waals surface area contributed by atoms with E-state index in [9.17, 15) is 4.79 Å². The van der Waals surface area contributed by atoms with Crippen molar-refractivity contribution in [1.29, 1.82) is 0 Å². The smallest absolute Gasteiger partial charge is 0.226 e. The van der Waals surface area contributed by atoms with Gasteiger partial charge in [-0.25, -0.2) is 9.97 Å². The van der Waals surface area contributed by atoms with E-state index in [1.165, 1.54) is 18.9 Å². The van der Waals surface area contributed by atoms with E-state index in [0.29, 0.717) is 0 Å². The highest BCUT2D eigenvalue weighted by molar-refractivity contribution is 5.73. The minimum atomic E-state index is -0.00238. The molecule has 1 aromatic heterocycles. The van der Waals surface area contributed by atoms with Gasteiger partial charge in [-0.05, 0) is 49.4 Å². The first-order valence-electron chi connectivity index (χ1n) is 8.56. The van der Waals surface area contributed by atoms with Crippen molar-refractivity contribution < 1.29 is 4.79 Å². The third kappa shape index (κ3) is 4.80. The predicted octanol–water partition coefficient (Wildman–Crippen LogP) is 2.15. The molecule has 0 bridgehead atoms. The Labute approximate surface area is 148 Å². The Morgan fingerprint density at radius 3 is 2.64 bits per heavy atom. The second-order valence-electron chi connectivity index (χ2n) is 6.34. The van der Waals surface area contributed by atoms with Gasteiger partial charge in [-0.3, -0.25) is 4.79 Å². The molecule has 1 unspecified atom stereocenters. The van der Waals surface area contributed by atoms with Crippen molar-refractivity contribution in [2.24, 2.45) is 0 Å². The molecule has 0 radical (unpaired) electrons. The van der Waals surface area contributed by atoms with E-state index in [-0.39, 0.29) is 11.9 Å². The number of amides is 1. The first-order chi connectivity index (χ1) is 12.1. The van der Waals surface area contributed by atoms with Crippen molar-refractivity contribution in [3.05, 3.63) is 53.3 Å². The Morgan fingerprint density at radius 1 is 1.24 bits per heavy atom. The Bertz CT molecular complexity index is 800. The number of hydrogen-bond donors (Lipinski definition) is 1. The Hall–Kier alpha value is -2.87. The van der Waals surface area contributed by atoms with Gasteiger partial charge in [0.2, 0.25) is 11.9 Å². The van der Waals surface area contributed by atoms with Gasteiger partial charge in [0, 0.05) is 37.8 Å². The van der Waals surface area contributed by atoms with Gasteiger partial charge in [-0.15, -0.1) is 0 Å². The fraction of sp³-hybridized carbons (Fsp3) is 0.350. The second kappa shape index (κ2) is 7.80. The van der Waals surface area contributed by atoms with E-state index in [0.717, 1.165) is 36.7 Å². The number of rotatable bonds is 4. The summed E-state index contributed by atoms with van der Waals surface area (Å²) < 4.78 is 0. The molecule has 0 saturated carbocycles.